The summed E-state index contributed by atoms with van der Waals surface area (Å²) in [6.45, 7) is 3.02. The zero-order valence-corrected chi connectivity index (χ0v) is 13.2. The van der Waals surface area contributed by atoms with Crippen molar-refractivity contribution in [1.82, 2.24) is 20.2 Å². The van der Waals surface area contributed by atoms with Crippen LogP contribution in [0.25, 0.3) is 0 Å². The number of hydrogen-bond donors (Lipinski definition) is 2. The van der Waals surface area contributed by atoms with E-state index in [-0.39, 0.29) is 6.04 Å². The van der Waals surface area contributed by atoms with Crippen LogP contribution < -0.4 is 11.3 Å². The van der Waals surface area contributed by atoms with Crippen molar-refractivity contribution in [2.45, 2.75) is 38.8 Å². The fourth-order valence-electron chi connectivity index (χ4n) is 2.18. The number of aromatic nitrogens is 3. The first-order valence-corrected chi connectivity index (χ1v) is 7.60. The van der Waals surface area contributed by atoms with E-state index in [0.29, 0.717) is 0 Å². The van der Waals surface area contributed by atoms with Gasteiger partial charge in [0.15, 0.2) is 0 Å². The second-order valence-corrected chi connectivity index (χ2v) is 5.62. The Balaban J connectivity index is 2.05. The highest BCUT2D eigenvalue weighted by Gasteiger charge is 2.14. The minimum Gasteiger partial charge on any atom is -0.271 e. The van der Waals surface area contributed by atoms with Gasteiger partial charge in [-0.25, -0.2) is 4.98 Å². The first kappa shape index (κ1) is 15.2. The third-order valence-corrected chi connectivity index (χ3v) is 3.99. The van der Waals surface area contributed by atoms with Crippen molar-refractivity contribution in [1.29, 1.82) is 0 Å². The van der Waals surface area contributed by atoms with Crippen molar-refractivity contribution in [3.63, 3.8) is 0 Å². The molecule has 0 radical (unpaired) electrons. The van der Waals surface area contributed by atoms with Gasteiger partial charge in [0.2, 0.25) is 0 Å². The molecule has 1 atom stereocenters. The lowest BCUT2D eigenvalue weighted by Gasteiger charge is -2.16. The Bertz CT molecular complexity index is 540. The molecule has 0 bridgehead atoms. The van der Waals surface area contributed by atoms with Crippen LogP contribution in [0, 0.1) is 0 Å². The Morgan fingerprint density at radius 1 is 1.35 bits per heavy atom. The summed E-state index contributed by atoms with van der Waals surface area (Å²) >= 11 is 3.57. The van der Waals surface area contributed by atoms with Gasteiger partial charge in [-0.15, -0.1) is 0 Å². The average molecular weight is 338 g/mol. The van der Waals surface area contributed by atoms with Crippen LogP contribution in [0.1, 0.15) is 24.7 Å². The average Bonchev–Trinajstić information content (AvgIpc) is 2.88. The van der Waals surface area contributed by atoms with Crippen LogP contribution in [0.15, 0.2) is 35.1 Å². The van der Waals surface area contributed by atoms with E-state index in [1.807, 2.05) is 22.9 Å². The number of benzene rings is 1. The Hall–Kier alpha value is -1.24. The van der Waals surface area contributed by atoms with Gasteiger partial charge in [0.1, 0.15) is 12.2 Å². The molecular weight excluding hydrogens is 318 g/mol. The van der Waals surface area contributed by atoms with Crippen LogP contribution in [0.2, 0.25) is 0 Å². The van der Waals surface area contributed by atoms with Gasteiger partial charge in [0, 0.05) is 23.5 Å². The fraction of sp³-hybridized carbons (Fsp3) is 0.429. The molecule has 2 aromatic rings. The van der Waals surface area contributed by atoms with E-state index in [0.717, 1.165) is 36.1 Å². The summed E-state index contributed by atoms with van der Waals surface area (Å²) in [5.74, 6) is 6.66. The lowest BCUT2D eigenvalue weighted by molar-refractivity contribution is 0.482. The molecule has 0 saturated heterocycles. The highest BCUT2D eigenvalue weighted by Crippen LogP contribution is 2.18. The van der Waals surface area contributed by atoms with Crippen LogP contribution >= 0.6 is 15.9 Å². The number of rotatable bonds is 7. The molecule has 108 valence electrons. The topological polar surface area (TPSA) is 68.8 Å². The Kier molecular flexibility index (Phi) is 5.70. The predicted octanol–water partition coefficient (Wildman–Crippen LogP) is 2.07. The molecule has 0 aliphatic heterocycles. The van der Waals surface area contributed by atoms with Gasteiger partial charge >= 0.3 is 0 Å². The third-order valence-electron chi connectivity index (χ3n) is 3.22. The first-order valence-electron chi connectivity index (χ1n) is 6.80. The van der Waals surface area contributed by atoms with Gasteiger partial charge in [0.05, 0.1) is 0 Å². The van der Waals surface area contributed by atoms with E-state index in [1.54, 1.807) is 6.33 Å². The highest BCUT2D eigenvalue weighted by atomic mass is 79.9. The van der Waals surface area contributed by atoms with Gasteiger partial charge in [-0.3, -0.25) is 16.0 Å². The molecule has 1 heterocycles. The summed E-state index contributed by atoms with van der Waals surface area (Å²) in [4.78, 5) is 4.33. The van der Waals surface area contributed by atoms with Crippen molar-refractivity contribution in [3.8, 4) is 0 Å². The van der Waals surface area contributed by atoms with E-state index in [9.17, 15) is 0 Å². The van der Waals surface area contributed by atoms with Gasteiger partial charge in [0.25, 0.3) is 0 Å². The van der Waals surface area contributed by atoms with Crippen LogP contribution in [-0.2, 0) is 19.4 Å². The smallest absolute Gasteiger partial charge is 0.138 e. The molecule has 0 fully saturated rings. The van der Waals surface area contributed by atoms with Gasteiger partial charge in [-0.2, -0.15) is 5.10 Å². The second-order valence-electron chi connectivity index (χ2n) is 4.76. The Morgan fingerprint density at radius 3 is 2.85 bits per heavy atom. The molecule has 1 aromatic heterocycles. The van der Waals surface area contributed by atoms with Crippen LogP contribution in [0.4, 0.5) is 0 Å². The van der Waals surface area contributed by atoms with Crippen LogP contribution in [0.3, 0.4) is 0 Å². The van der Waals surface area contributed by atoms with Crippen molar-refractivity contribution >= 4 is 15.9 Å². The molecule has 0 spiro atoms. The number of aryl methyl sites for hydroxylation is 1. The van der Waals surface area contributed by atoms with E-state index in [4.69, 9.17) is 5.84 Å². The molecule has 2 rings (SSSR count). The largest absolute Gasteiger partial charge is 0.271 e. The monoisotopic (exact) mass is 337 g/mol. The molecule has 0 amide bonds. The number of halogens is 1. The molecular formula is C14H20BrN5. The summed E-state index contributed by atoms with van der Waals surface area (Å²) in [7, 11) is 0. The molecule has 3 N–H and O–H groups in total. The summed E-state index contributed by atoms with van der Waals surface area (Å²) in [5.41, 5.74) is 4.12. The predicted molar refractivity (Wildman–Crippen MR) is 83.0 cm³/mol. The van der Waals surface area contributed by atoms with E-state index in [2.05, 4.69) is 44.4 Å². The number of hydrogen-bond acceptors (Lipinski definition) is 4. The number of nitrogens with zero attached hydrogens (tertiary/aromatic N) is 3. The highest BCUT2D eigenvalue weighted by molar-refractivity contribution is 9.10. The summed E-state index contributed by atoms with van der Waals surface area (Å²) in [6, 6.07) is 8.32. The minimum absolute atomic E-state index is 0.133. The Morgan fingerprint density at radius 2 is 2.15 bits per heavy atom. The normalized spacial score (nSPS) is 12.6. The second kappa shape index (κ2) is 7.52. The molecule has 20 heavy (non-hydrogen) atoms. The Labute approximate surface area is 127 Å². The molecule has 0 saturated carbocycles. The van der Waals surface area contributed by atoms with Crippen molar-refractivity contribution in [3.05, 3.63) is 46.5 Å². The van der Waals surface area contributed by atoms with Gasteiger partial charge < -0.3 is 0 Å². The van der Waals surface area contributed by atoms with Gasteiger partial charge in [-0.1, -0.05) is 41.1 Å². The SMILES string of the molecule is CCCn1ncnc1CC(Cc1ccccc1Br)NN. The van der Waals surface area contributed by atoms with Crippen molar-refractivity contribution in [2.24, 2.45) is 5.84 Å². The lowest BCUT2D eigenvalue weighted by atomic mass is 10.0. The quantitative estimate of drug-likeness (QED) is 0.599. The third kappa shape index (κ3) is 3.88. The standard InChI is InChI=1S/C14H20BrN5/c1-2-7-20-14(17-10-18-20)9-12(19-16)8-11-5-3-4-6-13(11)15/h3-6,10,12,19H,2,7-9,16H2,1H3. The molecule has 0 aliphatic carbocycles. The first-order chi connectivity index (χ1) is 9.74. The van der Waals surface area contributed by atoms with Crippen molar-refractivity contribution < 1.29 is 0 Å². The summed E-state index contributed by atoms with van der Waals surface area (Å²) in [5, 5.41) is 4.25. The van der Waals surface area contributed by atoms with E-state index >= 15 is 0 Å². The number of nitrogens with two attached hydrogens (primary N) is 1. The lowest BCUT2D eigenvalue weighted by Crippen LogP contribution is -2.39. The number of nitrogens with one attached hydrogen (secondary N) is 1. The number of hydrazine groups is 1. The zero-order valence-electron chi connectivity index (χ0n) is 11.6. The van der Waals surface area contributed by atoms with Crippen LogP contribution in [-0.4, -0.2) is 20.8 Å². The summed E-state index contributed by atoms with van der Waals surface area (Å²) in [6.07, 6.45) is 4.26. The minimum atomic E-state index is 0.133. The van der Waals surface area contributed by atoms with Crippen LogP contribution in [0.5, 0.6) is 0 Å². The molecule has 0 aliphatic rings. The van der Waals surface area contributed by atoms with E-state index in [1.165, 1.54) is 5.56 Å². The maximum atomic E-state index is 5.69. The maximum absolute atomic E-state index is 5.69. The van der Waals surface area contributed by atoms with Gasteiger partial charge in [-0.05, 0) is 24.5 Å². The molecule has 5 nitrogen and oxygen atoms in total. The molecule has 1 aromatic carbocycles. The molecule has 1 unspecified atom stereocenters. The van der Waals surface area contributed by atoms with E-state index < -0.39 is 0 Å². The zero-order chi connectivity index (χ0) is 14.4. The fourth-order valence-corrected chi connectivity index (χ4v) is 2.63. The van der Waals surface area contributed by atoms with Crippen molar-refractivity contribution in [2.75, 3.05) is 0 Å². The maximum Gasteiger partial charge on any atom is 0.138 e. The summed E-state index contributed by atoms with van der Waals surface area (Å²) < 4.78 is 3.06. The molecule has 6 heteroatoms.